The highest BCUT2D eigenvalue weighted by Gasteiger charge is 2.30. The first-order valence-electron chi connectivity index (χ1n) is 9.58. The van der Waals surface area contributed by atoms with Crippen molar-refractivity contribution in [2.24, 2.45) is 23.7 Å². The molecule has 3 heteroatoms. The lowest BCUT2D eigenvalue weighted by atomic mass is 9.68. The second-order valence-corrected chi connectivity index (χ2v) is 7.07. The summed E-state index contributed by atoms with van der Waals surface area (Å²) in [5.41, 5.74) is 0.493. The fourth-order valence-corrected chi connectivity index (χ4v) is 4.15. The molecule has 0 amide bonds. The van der Waals surface area contributed by atoms with E-state index in [9.17, 15) is 13.2 Å². The molecular weight excluding hydrogens is 309 g/mol. The Hall–Kier alpha value is -0.990. The van der Waals surface area contributed by atoms with Crippen LogP contribution < -0.4 is 0 Å². The molecule has 24 heavy (non-hydrogen) atoms. The van der Waals surface area contributed by atoms with E-state index in [1.54, 1.807) is 0 Å². The molecule has 0 radical (unpaired) electrons. The molecule has 0 atom stereocenters. The summed E-state index contributed by atoms with van der Waals surface area (Å²) in [6.07, 6.45) is 12.4. The van der Waals surface area contributed by atoms with Crippen LogP contribution in [0, 0.1) is 23.7 Å². The van der Waals surface area contributed by atoms with Crippen molar-refractivity contribution >= 4 is 0 Å². The topological polar surface area (TPSA) is 0 Å². The van der Waals surface area contributed by atoms with E-state index in [1.807, 2.05) is 13.8 Å². The number of hydrogen-bond donors (Lipinski definition) is 0. The van der Waals surface area contributed by atoms with Crippen LogP contribution in [0.25, 0.3) is 0 Å². The van der Waals surface area contributed by atoms with Gasteiger partial charge in [-0.05, 0) is 73.8 Å². The monoisotopic (exact) mass is 342 g/mol. The molecule has 0 aliphatic heterocycles. The van der Waals surface area contributed by atoms with Crippen LogP contribution in [0.15, 0.2) is 36.2 Å². The lowest BCUT2D eigenvalue weighted by molar-refractivity contribution is 0.158. The molecule has 2 rings (SSSR count). The van der Waals surface area contributed by atoms with Crippen molar-refractivity contribution in [2.45, 2.75) is 72.1 Å². The molecule has 0 heterocycles. The largest absolute Gasteiger partial charge is 0.215 e. The molecule has 0 saturated heterocycles. The van der Waals surface area contributed by atoms with Crippen LogP contribution in [0.2, 0.25) is 0 Å². The molecule has 138 valence electrons. The Balaban J connectivity index is 0.00000139. The molecule has 0 N–H and O–H groups in total. The summed E-state index contributed by atoms with van der Waals surface area (Å²) < 4.78 is 37.8. The number of allylic oxidation sites excluding steroid dienone is 4. The fourth-order valence-electron chi connectivity index (χ4n) is 4.15. The fraction of sp³-hybridized carbons (Fsp3) is 0.714. The average molecular weight is 342 g/mol. The summed E-state index contributed by atoms with van der Waals surface area (Å²) in [5, 5.41) is 0. The molecule has 0 nitrogen and oxygen atoms in total. The highest BCUT2D eigenvalue weighted by atomic mass is 19.2. The van der Waals surface area contributed by atoms with E-state index >= 15 is 0 Å². The average Bonchev–Trinajstić information content (AvgIpc) is 2.65. The second-order valence-electron chi connectivity index (χ2n) is 7.07. The van der Waals surface area contributed by atoms with E-state index in [-0.39, 0.29) is 12.2 Å². The van der Waals surface area contributed by atoms with E-state index < -0.39 is 5.83 Å². The summed E-state index contributed by atoms with van der Waals surface area (Å²) >= 11 is 0. The van der Waals surface area contributed by atoms with Crippen LogP contribution in [-0.2, 0) is 0 Å². The minimum atomic E-state index is -0.968. The van der Waals surface area contributed by atoms with Crippen LogP contribution in [0.3, 0.4) is 0 Å². The lowest BCUT2D eigenvalue weighted by Gasteiger charge is -2.37. The predicted molar refractivity (Wildman–Crippen MR) is 96.5 cm³/mol. The Morgan fingerprint density at radius 1 is 0.750 bits per heavy atom. The first kappa shape index (κ1) is 21.1. The Morgan fingerprint density at radius 2 is 1.25 bits per heavy atom. The van der Waals surface area contributed by atoms with E-state index in [0.29, 0.717) is 11.9 Å². The number of halogens is 3. The molecule has 2 saturated carbocycles. The first-order valence-corrected chi connectivity index (χ1v) is 9.58. The zero-order chi connectivity index (χ0) is 17.9. The zero-order valence-corrected chi connectivity index (χ0v) is 15.4. The van der Waals surface area contributed by atoms with Gasteiger partial charge in [-0.25, -0.2) is 13.2 Å². The van der Waals surface area contributed by atoms with Crippen molar-refractivity contribution in [3.05, 3.63) is 36.2 Å². The first-order chi connectivity index (χ1) is 11.6. The van der Waals surface area contributed by atoms with Gasteiger partial charge in [0.25, 0.3) is 0 Å². The van der Waals surface area contributed by atoms with Gasteiger partial charge in [0.2, 0.25) is 0 Å². The highest BCUT2D eigenvalue weighted by Crippen LogP contribution is 2.42. The number of hydrogen-bond acceptors (Lipinski definition) is 0. The maximum atomic E-state index is 13.0. The van der Waals surface area contributed by atoms with Crippen LogP contribution in [0.5, 0.6) is 0 Å². The molecule has 0 bridgehead atoms. The van der Waals surface area contributed by atoms with Crippen molar-refractivity contribution in [1.82, 2.24) is 0 Å². The molecule has 0 aromatic carbocycles. The molecule has 0 aromatic rings. The Kier molecular flexibility index (Phi) is 10.1. The molecule has 0 unspecified atom stereocenters. The van der Waals surface area contributed by atoms with E-state index in [1.165, 1.54) is 31.8 Å². The van der Waals surface area contributed by atoms with Crippen molar-refractivity contribution in [1.29, 1.82) is 0 Å². The summed E-state index contributed by atoms with van der Waals surface area (Å²) in [6, 6.07) is 0. The van der Waals surface area contributed by atoms with Crippen molar-refractivity contribution in [3.8, 4) is 0 Å². The van der Waals surface area contributed by atoms with Gasteiger partial charge in [0.1, 0.15) is 6.33 Å². The summed E-state index contributed by atoms with van der Waals surface area (Å²) in [4.78, 5) is 0. The lowest BCUT2D eigenvalue weighted by Crippen LogP contribution is -2.25. The predicted octanol–water partition coefficient (Wildman–Crippen LogP) is 7.84. The second kappa shape index (κ2) is 11.5. The maximum Gasteiger partial charge on any atom is 0.151 e. The quantitative estimate of drug-likeness (QED) is 0.456. The molecule has 2 aliphatic carbocycles. The molecule has 0 aromatic heterocycles. The third-order valence-corrected chi connectivity index (χ3v) is 5.64. The standard InChI is InChI=1S/C19H27F3.C2H6/c1-14-2-4-15(5-3-14)16-6-8-17(9-7-16)18(12-20)10-11-19(22)13-21;1-2/h10-17H,2-9H2,1H3;1-2H3/b11-10-,18-12-,19-13-;. The van der Waals surface area contributed by atoms with Gasteiger partial charge in [0, 0.05) is 0 Å². The van der Waals surface area contributed by atoms with Crippen molar-refractivity contribution in [3.63, 3.8) is 0 Å². The molecule has 2 fully saturated rings. The Bertz CT molecular complexity index is 420. The minimum Gasteiger partial charge on any atom is -0.215 e. The molecular formula is C21H33F3. The van der Waals surface area contributed by atoms with Gasteiger partial charge in [0.05, 0.1) is 6.33 Å². The van der Waals surface area contributed by atoms with E-state index in [0.717, 1.165) is 49.5 Å². The summed E-state index contributed by atoms with van der Waals surface area (Å²) in [7, 11) is 0. The van der Waals surface area contributed by atoms with Crippen LogP contribution in [-0.4, -0.2) is 0 Å². The van der Waals surface area contributed by atoms with Gasteiger partial charge in [-0.3, -0.25) is 0 Å². The third kappa shape index (κ3) is 6.49. The Morgan fingerprint density at radius 3 is 1.71 bits per heavy atom. The van der Waals surface area contributed by atoms with Crippen LogP contribution in [0.1, 0.15) is 72.1 Å². The van der Waals surface area contributed by atoms with Gasteiger partial charge in [-0.2, -0.15) is 0 Å². The van der Waals surface area contributed by atoms with Crippen LogP contribution >= 0.6 is 0 Å². The molecule has 0 spiro atoms. The van der Waals surface area contributed by atoms with Crippen molar-refractivity contribution < 1.29 is 13.2 Å². The van der Waals surface area contributed by atoms with Gasteiger partial charge < -0.3 is 0 Å². The maximum absolute atomic E-state index is 13.0. The third-order valence-electron chi connectivity index (χ3n) is 5.64. The smallest absolute Gasteiger partial charge is 0.151 e. The van der Waals surface area contributed by atoms with Crippen molar-refractivity contribution in [2.75, 3.05) is 0 Å². The Labute approximate surface area is 145 Å². The minimum absolute atomic E-state index is 0.104. The summed E-state index contributed by atoms with van der Waals surface area (Å²) in [5.74, 6) is 1.67. The van der Waals surface area contributed by atoms with Gasteiger partial charge in [0.15, 0.2) is 5.83 Å². The summed E-state index contributed by atoms with van der Waals surface area (Å²) in [6.45, 7) is 6.34. The SMILES string of the molecule is CC.CC1CCC(C2CCC(C(/C=C\C(F)=C\F)=C\F)CC2)CC1. The zero-order valence-electron chi connectivity index (χ0n) is 15.4. The van der Waals surface area contributed by atoms with Gasteiger partial charge in [-0.15, -0.1) is 0 Å². The number of rotatable bonds is 4. The van der Waals surface area contributed by atoms with Crippen LogP contribution in [0.4, 0.5) is 13.2 Å². The van der Waals surface area contributed by atoms with Gasteiger partial charge >= 0.3 is 0 Å². The van der Waals surface area contributed by atoms with E-state index in [2.05, 4.69) is 6.92 Å². The molecule has 2 aliphatic rings. The normalized spacial score (nSPS) is 32.4. The highest BCUT2D eigenvalue weighted by molar-refractivity contribution is 5.25. The van der Waals surface area contributed by atoms with Gasteiger partial charge in [-0.1, -0.05) is 39.7 Å². The van der Waals surface area contributed by atoms with E-state index in [4.69, 9.17) is 0 Å².